The standard InChI is InChI=1S/C15H22N2O4/c1-10(2)21-15-9-11(7-8-13(15)17(18)19)16-12-5-4-6-14(12)20-3/h7-10,12,14,16H,4-6H2,1-3H3. The lowest BCUT2D eigenvalue weighted by Crippen LogP contribution is -2.29. The zero-order valence-corrected chi connectivity index (χ0v) is 12.7. The van der Waals surface area contributed by atoms with Gasteiger partial charge >= 0.3 is 5.69 Å². The average Bonchev–Trinajstić information content (AvgIpc) is 2.85. The van der Waals surface area contributed by atoms with Crippen molar-refractivity contribution in [2.45, 2.75) is 51.4 Å². The molecule has 0 aromatic heterocycles. The molecule has 0 spiro atoms. The Kier molecular flexibility index (Phi) is 5.01. The molecule has 2 atom stereocenters. The monoisotopic (exact) mass is 294 g/mol. The molecule has 1 aromatic carbocycles. The summed E-state index contributed by atoms with van der Waals surface area (Å²) in [7, 11) is 1.72. The fourth-order valence-corrected chi connectivity index (χ4v) is 2.69. The third-order valence-electron chi connectivity index (χ3n) is 3.63. The summed E-state index contributed by atoms with van der Waals surface area (Å²) in [6, 6.07) is 5.14. The van der Waals surface area contributed by atoms with E-state index in [4.69, 9.17) is 9.47 Å². The predicted molar refractivity (Wildman–Crippen MR) is 80.9 cm³/mol. The van der Waals surface area contributed by atoms with E-state index in [1.54, 1.807) is 19.2 Å². The number of nitrogens with zero attached hydrogens (tertiary/aromatic N) is 1. The zero-order chi connectivity index (χ0) is 15.4. The predicted octanol–water partition coefficient (Wildman–Crippen LogP) is 3.36. The first kappa shape index (κ1) is 15.6. The highest BCUT2D eigenvalue weighted by Gasteiger charge is 2.27. The highest BCUT2D eigenvalue weighted by atomic mass is 16.6. The molecule has 2 unspecified atom stereocenters. The van der Waals surface area contributed by atoms with Gasteiger partial charge in [0.15, 0.2) is 5.75 Å². The number of nitrogens with one attached hydrogen (secondary N) is 1. The molecule has 1 aromatic rings. The molecular weight excluding hydrogens is 272 g/mol. The molecule has 1 aliphatic rings. The van der Waals surface area contributed by atoms with Crippen molar-refractivity contribution in [1.82, 2.24) is 0 Å². The second-order valence-corrected chi connectivity index (χ2v) is 5.56. The fraction of sp³-hybridized carbons (Fsp3) is 0.600. The van der Waals surface area contributed by atoms with Gasteiger partial charge in [-0.25, -0.2) is 0 Å². The summed E-state index contributed by atoms with van der Waals surface area (Å²) >= 11 is 0. The van der Waals surface area contributed by atoms with Gasteiger partial charge in [0, 0.05) is 24.9 Å². The zero-order valence-electron chi connectivity index (χ0n) is 12.7. The van der Waals surface area contributed by atoms with E-state index >= 15 is 0 Å². The normalized spacial score (nSPS) is 21.5. The highest BCUT2D eigenvalue weighted by molar-refractivity contribution is 5.58. The van der Waals surface area contributed by atoms with Gasteiger partial charge in [0.25, 0.3) is 0 Å². The molecule has 0 amide bonds. The minimum Gasteiger partial charge on any atom is -0.484 e. The van der Waals surface area contributed by atoms with Crippen LogP contribution in [0.25, 0.3) is 0 Å². The number of nitro benzene ring substituents is 1. The van der Waals surface area contributed by atoms with Crippen molar-refractivity contribution in [3.8, 4) is 5.75 Å². The van der Waals surface area contributed by atoms with Gasteiger partial charge in [-0.3, -0.25) is 10.1 Å². The van der Waals surface area contributed by atoms with Crippen molar-refractivity contribution in [3.05, 3.63) is 28.3 Å². The fourth-order valence-electron chi connectivity index (χ4n) is 2.69. The molecule has 1 aliphatic carbocycles. The molecular formula is C15H22N2O4. The van der Waals surface area contributed by atoms with Crippen LogP contribution in [0, 0.1) is 10.1 Å². The summed E-state index contributed by atoms with van der Waals surface area (Å²) in [6.07, 6.45) is 3.28. The van der Waals surface area contributed by atoms with Crippen LogP contribution in [0.15, 0.2) is 18.2 Å². The molecule has 116 valence electrons. The summed E-state index contributed by atoms with van der Waals surface area (Å²) in [4.78, 5) is 10.6. The van der Waals surface area contributed by atoms with Crippen molar-refractivity contribution in [2.24, 2.45) is 0 Å². The summed E-state index contributed by atoms with van der Waals surface area (Å²) in [5.41, 5.74) is 0.814. The Morgan fingerprint density at radius 1 is 1.38 bits per heavy atom. The number of nitro groups is 1. The van der Waals surface area contributed by atoms with Gasteiger partial charge < -0.3 is 14.8 Å². The summed E-state index contributed by atoms with van der Waals surface area (Å²) in [5, 5.41) is 14.4. The Labute approximate surface area is 124 Å². The smallest absolute Gasteiger partial charge is 0.311 e. The molecule has 0 radical (unpaired) electrons. The molecule has 0 saturated heterocycles. The van der Waals surface area contributed by atoms with Crippen LogP contribution in [0.4, 0.5) is 11.4 Å². The quantitative estimate of drug-likeness (QED) is 0.643. The minimum absolute atomic E-state index is 0.0102. The number of methoxy groups -OCH3 is 1. The number of rotatable bonds is 6. The summed E-state index contributed by atoms with van der Waals surface area (Å²) in [5.74, 6) is 0.298. The number of ether oxygens (including phenoxy) is 2. The van der Waals surface area contributed by atoms with Crippen LogP contribution in [-0.2, 0) is 4.74 Å². The molecule has 1 fully saturated rings. The van der Waals surface area contributed by atoms with E-state index in [9.17, 15) is 10.1 Å². The Morgan fingerprint density at radius 3 is 2.76 bits per heavy atom. The van der Waals surface area contributed by atoms with Gasteiger partial charge in [-0.05, 0) is 39.2 Å². The van der Waals surface area contributed by atoms with E-state index in [2.05, 4.69) is 5.32 Å². The van der Waals surface area contributed by atoms with Crippen LogP contribution in [0.5, 0.6) is 5.75 Å². The molecule has 2 rings (SSSR count). The first-order valence-corrected chi connectivity index (χ1v) is 7.25. The largest absolute Gasteiger partial charge is 0.484 e. The molecule has 6 nitrogen and oxygen atoms in total. The van der Waals surface area contributed by atoms with Crippen molar-refractivity contribution in [2.75, 3.05) is 12.4 Å². The number of hydrogen-bond acceptors (Lipinski definition) is 5. The Morgan fingerprint density at radius 2 is 2.14 bits per heavy atom. The van der Waals surface area contributed by atoms with Gasteiger partial charge in [-0.1, -0.05) is 0 Å². The number of hydrogen-bond donors (Lipinski definition) is 1. The van der Waals surface area contributed by atoms with Gasteiger partial charge in [0.05, 0.1) is 23.2 Å². The first-order valence-electron chi connectivity index (χ1n) is 7.25. The van der Waals surface area contributed by atoms with Gasteiger partial charge in [0.2, 0.25) is 0 Å². The Bertz CT molecular complexity index is 504. The SMILES string of the molecule is COC1CCCC1Nc1ccc([N+](=O)[O-])c(OC(C)C)c1. The van der Waals surface area contributed by atoms with Crippen molar-refractivity contribution >= 4 is 11.4 Å². The molecule has 0 bridgehead atoms. The van der Waals surface area contributed by atoms with Gasteiger partial charge in [-0.2, -0.15) is 0 Å². The minimum atomic E-state index is -0.422. The lowest BCUT2D eigenvalue weighted by molar-refractivity contribution is -0.386. The van der Waals surface area contributed by atoms with Crippen LogP contribution >= 0.6 is 0 Å². The van der Waals surface area contributed by atoms with E-state index in [-0.39, 0.29) is 23.9 Å². The second kappa shape index (κ2) is 6.76. The summed E-state index contributed by atoms with van der Waals surface area (Å²) < 4.78 is 11.0. The second-order valence-electron chi connectivity index (χ2n) is 5.56. The van der Waals surface area contributed by atoms with Crippen molar-refractivity contribution in [3.63, 3.8) is 0 Å². The van der Waals surface area contributed by atoms with E-state index < -0.39 is 4.92 Å². The molecule has 0 heterocycles. The number of benzene rings is 1. The molecule has 6 heteroatoms. The maximum Gasteiger partial charge on any atom is 0.311 e. The third kappa shape index (κ3) is 3.85. The average molecular weight is 294 g/mol. The van der Waals surface area contributed by atoms with Gasteiger partial charge in [-0.15, -0.1) is 0 Å². The van der Waals surface area contributed by atoms with Crippen LogP contribution in [0.2, 0.25) is 0 Å². The van der Waals surface area contributed by atoms with Crippen LogP contribution in [0.3, 0.4) is 0 Å². The van der Waals surface area contributed by atoms with Crippen molar-refractivity contribution < 1.29 is 14.4 Å². The Balaban J connectivity index is 2.18. The number of anilines is 1. The van der Waals surface area contributed by atoms with Crippen LogP contribution < -0.4 is 10.1 Å². The van der Waals surface area contributed by atoms with E-state index in [1.165, 1.54) is 6.07 Å². The molecule has 21 heavy (non-hydrogen) atoms. The molecule has 1 saturated carbocycles. The van der Waals surface area contributed by atoms with E-state index in [0.717, 1.165) is 24.9 Å². The molecule has 1 N–H and O–H groups in total. The first-order chi connectivity index (χ1) is 10.0. The lowest BCUT2D eigenvalue weighted by atomic mass is 10.2. The Hall–Kier alpha value is -1.82. The lowest BCUT2D eigenvalue weighted by Gasteiger charge is -2.21. The summed E-state index contributed by atoms with van der Waals surface area (Å²) in [6.45, 7) is 3.70. The topological polar surface area (TPSA) is 73.6 Å². The van der Waals surface area contributed by atoms with E-state index in [0.29, 0.717) is 5.75 Å². The maximum absolute atomic E-state index is 11.0. The maximum atomic E-state index is 11.0. The van der Waals surface area contributed by atoms with Crippen LogP contribution in [-0.4, -0.2) is 30.3 Å². The van der Waals surface area contributed by atoms with E-state index in [1.807, 2.05) is 13.8 Å². The molecule has 0 aliphatic heterocycles. The van der Waals surface area contributed by atoms with Crippen molar-refractivity contribution in [1.29, 1.82) is 0 Å². The third-order valence-corrected chi connectivity index (χ3v) is 3.63. The highest BCUT2D eigenvalue weighted by Crippen LogP contribution is 2.33. The van der Waals surface area contributed by atoms with Gasteiger partial charge in [0.1, 0.15) is 0 Å². The van der Waals surface area contributed by atoms with Crippen LogP contribution in [0.1, 0.15) is 33.1 Å².